The minimum Gasteiger partial charge on any atom is -0.478 e. The standard InChI is InChI=1S/C16H19N3O2/c1-2-11-3-4-14-12(9-11)13(16(20)21)10-15(18-14)19-7-5-17-6-8-19/h3-4,9-10,17H,2,5-8H2,1H3,(H,20,21). The van der Waals surface area contributed by atoms with Crippen LogP contribution in [-0.4, -0.2) is 42.2 Å². The number of carbonyl (C=O) groups is 1. The van der Waals surface area contributed by atoms with Crippen LogP contribution in [0.15, 0.2) is 24.3 Å². The normalized spacial score (nSPS) is 15.4. The Bertz CT molecular complexity index is 679. The second-order valence-corrected chi connectivity index (χ2v) is 5.28. The van der Waals surface area contributed by atoms with Gasteiger partial charge >= 0.3 is 5.97 Å². The minimum absolute atomic E-state index is 0.337. The molecular weight excluding hydrogens is 266 g/mol. The Morgan fingerprint density at radius 2 is 2.10 bits per heavy atom. The number of nitrogens with zero attached hydrogens (tertiary/aromatic N) is 2. The summed E-state index contributed by atoms with van der Waals surface area (Å²) in [7, 11) is 0. The Morgan fingerprint density at radius 1 is 1.33 bits per heavy atom. The Kier molecular flexibility index (Phi) is 3.75. The van der Waals surface area contributed by atoms with Gasteiger partial charge in [-0.05, 0) is 30.2 Å². The van der Waals surface area contributed by atoms with Crippen molar-refractivity contribution >= 4 is 22.7 Å². The number of carboxylic acid groups (broad SMARTS) is 1. The van der Waals surface area contributed by atoms with Crippen molar-refractivity contribution in [2.45, 2.75) is 13.3 Å². The predicted molar refractivity (Wildman–Crippen MR) is 83.2 cm³/mol. The van der Waals surface area contributed by atoms with Gasteiger partial charge in [0.1, 0.15) is 5.82 Å². The fraction of sp³-hybridized carbons (Fsp3) is 0.375. The van der Waals surface area contributed by atoms with Crippen LogP contribution < -0.4 is 10.2 Å². The van der Waals surface area contributed by atoms with E-state index < -0.39 is 5.97 Å². The van der Waals surface area contributed by atoms with Gasteiger partial charge in [0, 0.05) is 31.6 Å². The monoisotopic (exact) mass is 285 g/mol. The third-order valence-corrected chi connectivity index (χ3v) is 3.94. The molecule has 3 rings (SSSR count). The Morgan fingerprint density at radius 3 is 2.76 bits per heavy atom. The first-order chi connectivity index (χ1) is 10.2. The molecule has 1 aromatic carbocycles. The number of aromatic carboxylic acids is 1. The molecule has 0 amide bonds. The molecule has 0 bridgehead atoms. The van der Waals surface area contributed by atoms with Crippen molar-refractivity contribution in [3.63, 3.8) is 0 Å². The molecule has 2 heterocycles. The molecule has 1 aromatic heterocycles. The van der Waals surface area contributed by atoms with E-state index >= 15 is 0 Å². The van der Waals surface area contributed by atoms with Crippen LogP contribution in [-0.2, 0) is 6.42 Å². The van der Waals surface area contributed by atoms with E-state index in [1.54, 1.807) is 6.07 Å². The fourth-order valence-corrected chi connectivity index (χ4v) is 2.71. The van der Waals surface area contributed by atoms with Gasteiger partial charge in [0.05, 0.1) is 11.1 Å². The number of fused-ring (bicyclic) bond motifs is 1. The van der Waals surface area contributed by atoms with E-state index in [2.05, 4.69) is 22.1 Å². The summed E-state index contributed by atoms with van der Waals surface area (Å²) >= 11 is 0. The number of benzene rings is 1. The van der Waals surface area contributed by atoms with Gasteiger partial charge in [-0.15, -0.1) is 0 Å². The van der Waals surface area contributed by atoms with Crippen LogP contribution in [0, 0.1) is 0 Å². The highest BCUT2D eigenvalue weighted by atomic mass is 16.4. The molecule has 2 aromatic rings. The summed E-state index contributed by atoms with van der Waals surface area (Å²) < 4.78 is 0. The number of nitrogens with one attached hydrogen (secondary N) is 1. The summed E-state index contributed by atoms with van der Waals surface area (Å²) in [6.45, 7) is 5.56. The van der Waals surface area contributed by atoms with Crippen molar-refractivity contribution in [3.05, 3.63) is 35.4 Å². The van der Waals surface area contributed by atoms with Crippen molar-refractivity contribution < 1.29 is 9.90 Å². The number of rotatable bonds is 3. The molecule has 21 heavy (non-hydrogen) atoms. The average Bonchev–Trinajstić information content (AvgIpc) is 2.54. The molecule has 1 saturated heterocycles. The van der Waals surface area contributed by atoms with Crippen LogP contribution in [0.25, 0.3) is 10.9 Å². The van der Waals surface area contributed by atoms with Crippen molar-refractivity contribution in [3.8, 4) is 0 Å². The van der Waals surface area contributed by atoms with Gasteiger partial charge in [-0.1, -0.05) is 13.0 Å². The number of carboxylic acids is 1. The first-order valence-corrected chi connectivity index (χ1v) is 7.31. The van der Waals surface area contributed by atoms with Crippen LogP contribution in [0.2, 0.25) is 0 Å². The lowest BCUT2D eigenvalue weighted by molar-refractivity contribution is 0.0699. The van der Waals surface area contributed by atoms with Crippen LogP contribution in [0.4, 0.5) is 5.82 Å². The molecule has 1 fully saturated rings. The summed E-state index contributed by atoms with van der Waals surface area (Å²) in [6.07, 6.45) is 0.883. The van der Waals surface area contributed by atoms with E-state index in [9.17, 15) is 9.90 Å². The lowest BCUT2D eigenvalue weighted by Gasteiger charge is -2.28. The third kappa shape index (κ3) is 2.69. The molecule has 2 N–H and O–H groups in total. The Hall–Kier alpha value is -2.14. The quantitative estimate of drug-likeness (QED) is 0.901. The maximum Gasteiger partial charge on any atom is 0.336 e. The zero-order valence-corrected chi connectivity index (χ0v) is 12.1. The van der Waals surface area contributed by atoms with Crippen molar-refractivity contribution in [1.29, 1.82) is 0 Å². The molecule has 1 aliphatic heterocycles. The smallest absolute Gasteiger partial charge is 0.336 e. The zero-order valence-electron chi connectivity index (χ0n) is 12.1. The number of aromatic nitrogens is 1. The molecule has 0 radical (unpaired) electrons. The van der Waals surface area contributed by atoms with Gasteiger partial charge in [0.15, 0.2) is 0 Å². The first kappa shape index (κ1) is 13.8. The summed E-state index contributed by atoms with van der Waals surface area (Å²) in [6, 6.07) is 7.58. The average molecular weight is 285 g/mol. The Labute approximate surface area is 123 Å². The predicted octanol–water partition coefficient (Wildman–Crippen LogP) is 1.90. The molecule has 0 aliphatic carbocycles. The van der Waals surface area contributed by atoms with E-state index in [0.717, 1.165) is 54.9 Å². The molecule has 0 saturated carbocycles. The van der Waals surface area contributed by atoms with Gasteiger partial charge in [0.25, 0.3) is 0 Å². The first-order valence-electron chi connectivity index (χ1n) is 7.31. The number of hydrogen-bond acceptors (Lipinski definition) is 4. The molecule has 0 spiro atoms. The highest BCUT2D eigenvalue weighted by molar-refractivity contribution is 6.03. The highest BCUT2D eigenvalue weighted by Gasteiger charge is 2.17. The van der Waals surface area contributed by atoms with Crippen molar-refractivity contribution in [1.82, 2.24) is 10.3 Å². The summed E-state index contributed by atoms with van der Waals surface area (Å²) in [5.74, 6) is -0.141. The fourth-order valence-electron chi connectivity index (χ4n) is 2.71. The van der Waals surface area contributed by atoms with E-state index in [1.807, 2.05) is 18.2 Å². The maximum atomic E-state index is 11.6. The van der Waals surface area contributed by atoms with Gasteiger partial charge in [-0.2, -0.15) is 0 Å². The second kappa shape index (κ2) is 5.69. The van der Waals surface area contributed by atoms with E-state index in [4.69, 9.17) is 0 Å². The Balaban J connectivity index is 2.13. The summed E-state index contributed by atoms with van der Waals surface area (Å²) in [4.78, 5) is 18.4. The van der Waals surface area contributed by atoms with Crippen LogP contribution >= 0.6 is 0 Å². The maximum absolute atomic E-state index is 11.6. The number of aryl methyl sites for hydroxylation is 1. The number of pyridine rings is 1. The molecular formula is C16H19N3O2. The number of anilines is 1. The SMILES string of the molecule is CCc1ccc2nc(N3CCNCC3)cc(C(=O)O)c2c1. The molecule has 0 atom stereocenters. The summed E-state index contributed by atoms with van der Waals surface area (Å²) in [5, 5.41) is 13.5. The van der Waals surface area contributed by atoms with Gasteiger partial charge in [-0.25, -0.2) is 9.78 Å². The van der Waals surface area contributed by atoms with Crippen molar-refractivity contribution in [2.75, 3.05) is 31.1 Å². The highest BCUT2D eigenvalue weighted by Crippen LogP contribution is 2.24. The molecule has 5 nitrogen and oxygen atoms in total. The third-order valence-electron chi connectivity index (χ3n) is 3.94. The number of hydrogen-bond donors (Lipinski definition) is 2. The van der Waals surface area contributed by atoms with E-state index in [-0.39, 0.29) is 0 Å². The summed E-state index contributed by atoms with van der Waals surface area (Å²) in [5.41, 5.74) is 2.21. The molecule has 0 unspecified atom stereocenters. The lowest BCUT2D eigenvalue weighted by atomic mass is 10.0. The topological polar surface area (TPSA) is 65.5 Å². The molecule has 110 valence electrons. The zero-order chi connectivity index (χ0) is 14.8. The van der Waals surface area contributed by atoms with Crippen LogP contribution in [0.1, 0.15) is 22.8 Å². The minimum atomic E-state index is -0.896. The van der Waals surface area contributed by atoms with Crippen LogP contribution in [0.3, 0.4) is 0 Å². The second-order valence-electron chi connectivity index (χ2n) is 5.28. The molecule has 5 heteroatoms. The lowest BCUT2D eigenvalue weighted by Crippen LogP contribution is -2.44. The van der Waals surface area contributed by atoms with Crippen molar-refractivity contribution in [2.24, 2.45) is 0 Å². The van der Waals surface area contributed by atoms with Gasteiger partial charge in [-0.3, -0.25) is 0 Å². The number of piperazine rings is 1. The molecule has 1 aliphatic rings. The van der Waals surface area contributed by atoms with Gasteiger partial charge in [0.2, 0.25) is 0 Å². The van der Waals surface area contributed by atoms with Gasteiger partial charge < -0.3 is 15.3 Å². The van der Waals surface area contributed by atoms with E-state index in [1.165, 1.54) is 0 Å². The van der Waals surface area contributed by atoms with Crippen LogP contribution in [0.5, 0.6) is 0 Å². The van der Waals surface area contributed by atoms with E-state index in [0.29, 0.717) is 5.56 Å². The largest absolute Gasteiger partial charge is 0.478 e.